The van der Waals surface area contributed by atoms with E-state index in [1.54, 1.807) is 0 Å². The van der Waals surface area contributed by atoms with Crippen LogP contribution in [0.25, 0.3) is 229 Å². The van der Waals surface area contributed by atoms with Crippen molar-refractivity contribution in [1.82, 2.24) is 0 Å². The number of fused-ring (bicyclic) bond motifs is 16. The largest absolute Gasteiger partial charge is 0.0616 e. The van der Waals surface area contributed by atoms with E-state index in [0.29, 0.717) is 0 Å². The lowest BCUT2D eigenvalue weighted by atomic mass is 9.83. The maximum Gasteiger partial charge on any atom is -0.00199 e. The first-order chi connectivity index (χ1) is 57.6. The molecule has 0 saturated carbocycles. The van der Waals surface area contributed by atoms with Crippen molar-refractivity contribution in [3.05, 3.63) is 449 Å². The molecule has 0 amide bonds. The van der Waals surface area contributed by atoms with E-state index in [1.807, 2.05) is 0 Å². The van der Waals surface area contributed by atoms with Crippen LogP contribution < -0.4 is 0 Å². The maximum absolute atomic E-state index is 2.39. The molecule has 0 aromatic heterocycles. The highest BCUT2D eigenvalue weighted by molar-refractivity contribution is 6.30. The molecule has 0 heteroatoms. The first kappa shape index (κ1) is 67.8. The minimum absolute atomic E-state index is 1.24. The Kier molecular flexibility index (Phi) is 16.7. The first-order valence-electron chi connectivity index (χ1n) is 40.3. The van der Waals surface area contributed by atoms with Gasteiger partial charge in [-0.3, -0.25) is 0 Å². The van der Waals surface area contributed by atoms with Crippen molar-refractivity contribution < 1.29 is 0 Å². The molecular formula is C116H74. The molecule has 0 aliphatic carbocycles. The Hall–Kier alpha value is -15.1. The summed E-state index contributed by atoms with van der Waals surface area (Å²) < 4.78 is 0. The third-order valence-corrected chi connectivity index (χ3v) is 24.3. The van der Waals surface area contributed by atoms with Gasteiger partial charge in [0.2, 0.25) is 0 Å². The molecule has 0 unspecified atom stereocenters. The van der Waals surface area contributed by atoms with Gasteiger partial charge in [0.05, 0.1) is 0 Å². The highest BCUT2D eigenvalue weighted by atomic mass is 14.3. The molecule has 0 nitrogen and oxygen atoms in total. The summed E-state index contributed by atoms with van der Waals surface area (Å²) in [6.07, 6.45) is 0. The third kappa shape index (κ3) is 11.4. The smallest absolute Gasteiger partial charge is 0.00199 e. The van der Waals surface area contributed by atoms with Crippen LogP contribution in [0, 0.1) is 0 Å². The van der Waals surface area contributed by atoms with Gasteiger partial charge in [-0.05, 0) is 253 Å². The summed E-state index contributed by atoms with van der Waals surface area (Å²) in [6.45, 7) is 0. The van der Waals surface area contributed by atoms with Gasteiger partial charge in [-0.1, -0.05) is 425 Å². The third-order valence-electron chi connectivity index (χ3n) is 24.3. The van der Waals surface area contributed by atoms with Crippen molar-refractivity contribution >= 4 is 151 Å². The van der Waals surface area contributed by atoms with Crippen LogP contribution in [0.4, 0.5) is 0 Å². The topological polar surface area (TPSA) is 0 Å². The van der Waals surface area contributed by atoms with Crippen LogP contribution in [0.15, 0.2) is 449 Å². The van der Waals surface area contributed by atoms with Gasteiger partial charge in [-0.25, -0.2) is 0 Å². The molecule has 24 rings (SSSR count). The van der Waals surface area contributed by atoms with E-state index in [2.05, 4.69) is 449 Å². The van der Waals surface area contributed by atoms with Crippen molar-refractivity contribution in [3.63, 3.8) is 0 Å². The lowest BCUT2D eigenvalue weighted by Gasteiger charge is -2.20. The average molecular weight is 1470 g/mol. The first-order valence-corrected chi connectivity index (χ1v) is 40.3. The molecule has 0 saturated heterocycles. The van der Waals surface area contributed by atoms with Crippen molar-refractivity contribution in [2.75, 3.05) is 0 Å². The molecule has 538 valence electrons. The Morgan fingerprint density at radius 3 is 0.690 bits per heavy atom. The maximum atomic E-state index is 2.39. The summed E-state index contributed by atoms with van der Waals surface area (Å²) >= 11 is 0. The Morgan fingerprint density at radius 1 is 0.0862 bits per heavy atom. The van der Waals surface area contributed by atoms with Gasteiger partial charge < -0.3 is 0 Å². The second-order valence-electron chi connectivity index (χ2n) is 30.6. The van der Waals surface area contributed by atoms with E-state index in [1.165, 1.54) is 229 Å². The SMILES string of the molecule is c1cc(-c2cccc3ccccc23)cc(-c2c3ccccc3c(-c3cccc4ccccc34)c3ccccc23)c1.c1ccc2c(-c3c4ccccc4c(-c4cc5ccccc5c5ccccc45)c4ccccc34)cccc2c1.c1ccc2cc(-c3c4ccccc4c(-c4cc5ccccc5c5ccccc45)c4ccccc34)ccc2c1. The monoisotopic (exact) mass is 1470 g/mol. The van der Waals surface area contributed by atoms with Gasteiger partial charge in [-0.15, -0.1) is 0 Å². The molecule has 116 heavy (non-hydrogen) atoms. The molecule has 0 aliphatic rings. The zero-order valence-corrected chi connectivity index (χ0v) is 63.7. The Balaban J connectivity index is 0.000000106. The normalized spacial score (nSPS) is 11.6. The van der Waals surface area contributed by atoms with Gasteiger partial charge in [0, 0.05) is 0 Å². The number of hydrogen-bond donors (Lipinski definition) is 0. The predicted molar refractivity (Wildman–Crippen MR) is 502 cm³/mol. The summed E-state index contributed by atoms with van der Waals surface area (Å²) in [6, 6.07) is 164. The van der Waals surface area contributed by atoms with E-state index in [0.717, 1.165) is 0 Å². The lowest BCUT2D eigenvalue weighted by Crippen LogP contribution is -1.92. The van der Waals surface area contributed by atoms with E-state index in [9.17, 15) is 0 Å². The fourth-order valence-electron chi connectivity index (χ4n) is 19.2. The van der Waals surface area contributed by atoms with Crippen LogP contribution in [0.1, 0.15) is 0 Å². The minimum atomic E-state index is 1.24. The van der Waals surface area contributed by atoms with Crippen LogP contribution in [-0.2, 0) is 0 Å². The summed E-state index contributed by atoms with van der Waals surface area (Å²) in [7, 11) is 0. The van der Waals surface area contributed by atoms with Gasteiger partial charge in [0.1, 0.15) is 0 Å². The summed E-state index contributed by atoms with van der Waals surface area (Å²) in [5.74, 6) is 0. The van der Waals surface area contributed by atoms with E-state index in [4.69, 9.17) is 0 Å². The Labute approximate surface area is 673 Å². The lowest BCUT2D eigenvalue weighted by molar-refractivity contribution is 1.63. The fourth-order valence-corrected chi connectivity index (χ4v) is 19.2. The molecule has 0 spiro atoms. The van der Waals surface area contributed by atoms with Crippen LogP contribution in [-0.4, -0.2) is 0 Å². The van der Waals surface area contributed by atoms with Crippen molar-refractivity contribution in [2.24, 2.45) is 0 Å². The molecule has 0 aliphatic heterocycles. The summed E-state index contributed by atoms with van der Waals surface area (Å²) in [5, 5.41) is 35.9. The van der Waals surface area contributed by atoms with Crippen molar-refractivity contribution in [2.45, 2.75) is 0 Å². The zero-order valence-electron chi connectivity index (χ0n) is 63.7. The second kappa shape index (κ2) is 28.6. The summed E-state index contributed by atoms with van der Waals surface area (Å²) in [5.41, 5.74) is 18.0. The summed E-state index contributed by atoms with van der Waals surface area (Å²) in [4.78, 5) is 0. The standard InChI is InChI=1S/C40H26.2C38H24/c1-3-18-31-27(12-1)14-10-24-33(31)29-16-9-17-30(26-29)39-35-20-5-7-22-37(35)40(38-23-8-6-21-36(38)39)34-25-11-15-28-13-2-4-19-32(28)34;1-3-15-27-25(12-1)14-11-23-31(27)37-32-19-7-9-21-34(32)38(35-22-10-8-20-33(35)37)36-24-26-13-2-4-16-28(26)29-17-5-6-18-30(29)36;1-2-12-26-23-28(22-21-25(26)11-1)37-32-17-7-9-19-34(32)38(35-20-10-8-18-33(35)37)36-24-27-13-3-4-14-29(27)30-15-5-6-16-31(30)36/h1-26H;2*1-24H. The van der Waals surface area contributed by atoms with Gasteiger partial charge >= 0.3 is 0 Å². The molecular weight excluding hydrogens is 1390 g/mol. The van der Waals surface area contributed by atoms with Crippen LogP contribution >= 0.6 is 0 Å². The van der Waals surface area contributed by atoms with Crippen molar-refractivity contribution in [1.29, 1.82) is 0 Å². The van der Waals surface area contributed by atoms with E-state index >= 15 is 0 Å². The molecule has 0 radical (unpaired) electrons. The molecule has 24 aromatic rings. The van der Waals surface area contributed by atoms with Gasteiger partial charge in [0.25, 0.3) is 0 Å². The second-order valence-corrected chi connectivity index (χ2v) is 30.6. The highest BCUT2D eigenvalue weighted by Gasteiger charge is 2.24. The fraction of sp³-hybridized carbons (Fsp3) is 0. The molecule has 0 heterocycles. The van der Waals surface area contributed by atoms with Crippen LogP contribution in [0.3, 0.4) is 0 Å². The quantitative estimate of drug-likeness (QED) is 0.110. The Morgan fingerprint density at radius 2 is 0.319 bits per heavy atom. The number of benzene rings is 24. The van der Waals surface area contributed by atoms with E-state index < -0.39 is 0 Å². The number of rotatable bonds is 7. The van der Waals surface area contributed by atoms with Crippen molar-refractivity contribution in [3.8, 4) is 77.9 Å². The van der Waals surface area contributed by atoms with Gasteiger partial charge in [0.15, 0.2) is 0 Å². The molecule has 0 atom stereocenters. The molecule has 0 N–H and O–H groups in total. The minimum Gasteiger partial charge on any atom is -0.0616 e. The van der Waals surface area contributed by atoms with Crippen LogP contribution in [0.5, 0.6) is 0 Å². The van der Waals surface area contributed by atoms with Crippen LogP contribution in [0.2, 0.25) is 0 Å². The Bertz CT molecular complexity index is 7890. The van der Waals surface area contributed by atoms with E-state index in [-0.39, 0.29) is 0 Å². The predicted octanol–water partition coefficient (Wildman–Crippen LogP) is 32.9. The molecule has 0 bridgehead atoms. The molecule has 0 fully saturated rings. The highest BCUT2D eigenvalue weighted by Crippen LogP contribution is 2.52. The molecule has 24 aromatic carbocycles. The number of hydrogen-bond acceptors (Lipinski definition) is 0. The average Bonchev–Trinajstić information content (AvgIpc) is 0.728. The zero-order chi connectivity index (χ0) is 76.6. The van der Waals surface area contributed by atoms with Gasteiger partial charge in [-0.2, -0.15) is 0 Å².